The molecular formula is C15H29N3O. The lowest BCUT2D eigenvalue weighted by atomic mass is 9.80. The molecule has 0 aliphatic carbocycles. The van der Waals surface area contributed by atoms with E-state index in [4.69, 9.17) is 0 Å². The molecule has 0 aromatic heterocycles. The summed E-state index contributed by atoms with van der Waals surface area (Å²) in [6.45, 7) is 4.97. The number of fused-ring (bicyclic) bond motifs is 2. The Kier molecular flexibility index (Phi) is 5.22. The Bertz CT molecular complexity index is 294. The van der Waals surface area contributed by atoms with Crippen LogP contribution in [-0.4, -0.2) is 48.6 Å². The van der Waals surface area contributed by atoms with E-state index in [1.807, 2.05) is 0 Å². The summed E-state index contributed by atoms with van der Waals surface area (Å²) >= 11 is 0. The number of nitrogens with one attached hydrogen (secondary N) is 2. The van der Waals surface area contributed by atoms with E-state index >= 15 is 0 Å². The zero-order valence-corrected chi connectivity index (χ0v) is 12.6. The molecule has 2 heterocycles. The molecule has 1 amide bonds. The summed E-state index contributed by atoms with van der Waals surface area (Å²) < 4.78 is 0. The van der Waals surface area contributed by atoms with Gasteiger partial charge in [0.05, 0.1) is 6.04 Å². The fraction of sp³-hybridized carbons (Fsp3) is 0.933. The molecule has 2 aliphatic heterocycles. The van der Waals surface area contributed by atoms with Gasteiger partial charge in [0, 0.05) is 24.7 Å². The maximum absolute atomic E-state index is 12.2. The minimum Gasteiger partial charge on any atom is -0.355 e. The van der Waals surface area contributed by atoms with E-state index in [9.17, 15) is 4.79 Å². The quantitative estimate of drug-likeness (QED) is 0.793. The van der Waals surface area contributed by atoms with Gasteiger partial charge in [-0.2, -0.15) is 0 Å². The molecule has 2 fully saturated rings. The zero-order chi connectivity index (χ0) is 13.8. The molecule has 110 valence electrons. The maximum Gasteiger partial charge on any atom is 0.237 e. The lowest BCUT2D eigenvalue weighted by molar-refractivity contribution is -0.130. The molecule has 2 aliphatic rings. The lowest BCUT2D eigenvalue weighted by Gasteiger charge is -2.51. The SMILES string of the molecule is CCCNC(=O)C(C)N1C2CCCC1CC(NC)C2. The van der Waals surface area contributed by atoms with Crippen molar-refractivity contribution in [2.24, 2.45) is 0 Å². The number of carbonyl (C=O) groups is 1. The molecule has 2 saturated heterocycles. The van der Waals surface area contributed by atoms with Crippen molar-refractivity contribution in [3.05, 3.63) is 0 Å². The van der Waals surface area contributed by atoms with Crippen molar-refractivity contribution in [3.63, 3.8) is 0 Å². The first kappa shape index (κ1) is 14.8. The van der Waals surface area contributed by atoms with E-state index in [0.29, 0.717) is 18.1 Å². The Balaban J connectivity index is 2.00. The molecule has 3 unspecified atom stereocenters. The third-order valence-electron chi connectivity index (χ3n) is 4.82. The Morgan fingerprint density at radius 1 is 1.32 bits per heavy atom. The molecule has 0 spiro atoms. The van der Waals surface area contributed by atoms with Crippen LogP contribution in [0, 0.1) is 0 Å². The monoisotopic (exact) mass is 267 g/mol. The number of piperidine rings is 2. The van der Waals surface area contributed by atoms with Gasteiger partial charge in [0.25, 0.3) is 0 Å². The third-order valence-corrected chi connectivity index (χ3v) is 4.82. The number of nitrogens with zero attached hydrogens (tertiary/aromatic N) is 1. The Hall–Kier alpha value is -0.610. The fourth-order valence-corrected chi connectivity index (χ4v) is 3.82. The molecule has 19 heavy (non-hydrogen) atoms. The maximum atomic E-state index is 12.2. The number of amides is 1. The van der Waals surface area contributed by atoms with Crippen LogP contribution in [0.4, 0.5) is 0 Å². The summed E-state index contributed by atoms with van der Waals surface area (Å²) in [4.78, 5) is 14.7. The number of rotatable bonds is 5. The van der Waals surface area contributed by atoms with Gasteiger partial charge in [-0.3, -0.25) is 9.69 Å². The summed E-state index contributed by atoms with van der Waals surface area (Å²) in [5.41, 5.74) is 0. The number of hydrogen-bond acceptors (Lipinski definition) is 3. The van der Waals surface area contributed by atoms with E-state index < -0.39 is 0 Å². The second kappa shape index (κ2) is 6.71. The largest absolute Gasteiger partial charge is 0.355 e. The molecule has 0 saturated carbocycles. The molecule has 2 N–H and O–H groups in total. The highest BCUT2D eigenvalue weighted by Gasteiger charge is 2.41. The van der Waals surface area contributed by atoms with Crippen LogP contribution in [0.1, 0.15) is 52.4 Å². The first-order valence-electron chi connectivity index (χ1n) is 7.89. The fourth-order valence-electron chi connectivity index (χ4n) is 3.82. The van der Waals surface area contributed by atoms with Crippen molar-refractivity contribution in [2.75, 3.05) is 13.6 Å². The molecule has 0 aromatic carbocycles. The molecule has 2 rings (SSSR count). The van der Waals surface area contributed by atoms with Crippen LogP contribution in [0.3, 0.4) is 0 Å². The minimum atomic E-state index is 0.0275. The molecule has 2 bridgehead atoms. The molecule has 4 nitrogen and oxygen atoms in total. The smallest absolute Gasteiger partial charge is 0.237 e. The van der Waals surface area contributed by atoms with Crippen molar-refractivity contribution in [3.8, 4) is 0 Å². The van der Waals surface area contributed by atoms with Gasteiger partial charge < -0.3 is 10.6 Å². The normalized spacial score (nSPS) is 32.9. The average Bonchev–Trinajstić information content (AvgIpc) is 2.42. The van der Waals surface area contributed by atoms with Crippen LogP contribution in [0.2, 0.25) is 0 Å². The van der Waals surface area contributed by atoms with E-state index in [0.717, 1.165) is 13.0 Å². The highest BCUT2D eigenvalue weighted by Crippen LogP contribution is 2.35. The highest BCUT2D eigenvalue weighted by atomic mass is 16.2. The Labute approximate surface area is 117 Å². The first-order valence-corrected chi connectivity index (χ1v) is 7.89. The number of carbonyl (C=O) groups excluding carboxylic acids is 1. The zero-order valence-electron chi connectivity index (χ0n) is 12.6. The Morgan fingerprint density at radius 3 is 2.47 bits per heavy atom. The van der Waals surface area contributed by atoms with Crippen molar-refractivity contribution in [2.45, 2.75) is 76.5 Å². The Morgan fingerprint density at radius 2 is 1.95 bits per heavy atom. The van der Waals surface area contributed by atoms with Crippen LogP contribution >= 0.6 is 0 Å². The summed E-state index contributed by atoms with van der Waals surface area (Å²) in [5, 5.41) is 6.48. The van der Waals surface area contributed by atoms with Crippen molar-refractivity contribution in [1.29, 1.82) is 0 Å². The molecule has 0 aromatic rings. The van der Waals surface area contributed by atoms with Gasteiger partial charge in [0.2, 0.25) is 5.91 Å². The van der Waals surface area contributed by atoms with Crippen LogP contribution < -0.4 is 10.6 Å². The van der Waals surface area contributed by atoms with Crippen LogP contribution in [-0.2, 0) is 4.79 Å². The summed E-state index contributed by atoms with van der Waals surface area (Å²) in [7, 11) is 2.06. The summed E-state index contributed by atoms with van der Waals surface area (Å²) in [5.74, 6) is 0.210. The van der Waals surface area contributed by atoms with E-state index in [1.165, 1.54) is 32.1 Å². The lowest BCUT2D eigenvalue weighted by Crippen LogP contribution is -2.61. The predicted molar refractivity (Wildman–Crippen MR) is 78.1 cm³/mol. The summed E-state index contributed by atoms with van der Waals surface area (Å²) in [6, 6.07) is 1.84. The van der Waals surface area contributed by atoms with E-state index in [-0.39, 0.29) is 11.9 Å². The molecule has 0 radical (unpaired) electrons. The third kappa shape index (κ3) is 3.29. The average molecular weight is 267 g/mol. The summed E-state index contributed by atoms with van der Waals surface area (Å²) in [6.07, 6.45) is 7.22. The first-order chi connectivity index (χ1) is 9.17. The number of hydrogen-bond donors (Lipinski definition) is 2. The van der Waals surface area contributed by atoms with E-state index in [1.54, 1.807) is 0 Å². The molecule has 4 heteroatoms. The van der Waals surface area contributed by atoms with Crippen molar-refractivity contribution >= 4 is 5.91 Å². The van der Waals surface area contributed by atoms with Gasteiger partial charge in [0.15, 0.2) is 0 Å². The second-order valence-electron chi connectivity index (χ2n) is 6.11. The van der Waals surface area contributed by atoms with Gasteiger partial charge in [-0.15, -0.1) is 0 Å². The van der Waals surface area contributed by atoms with Gasteiger partial charge >= 0.3 is 0 Å². The molecular weight excluding hydrogens is 238 g/mol. The van der Waals surface area contributed by atoms with Crippen molar-refractivity contribution in [1.82, 2.24) is 15.5 Å². The van der Waals surface area contributed by atoms with Crippen LogP contribution in [0.15, 0.2) is 0 Å². The topological polar surface area (TPSA) is 44.4 Å². The van der Waals surface area contributed by atoms with Gasteiger partial charge in [0.1, 0.15) is 0 Å². The minimum absolute atomic E-state index is 0.0275. The van der Waals surface area contributed by atoms with E-state index in [2.05, 4.69) is 36.4 Å². The van der Waals surface area contributed by atoms with Gasteiger partial charge in [-0.05, 0) is 46.1 Å². The van der Waals surface area contributed by atoms with Crippen LogP contribution in [0.25, 0.3) is 0 Å². The standard InChI is InChI=1S/C15H29N3O/c1-4-8-17-15(19)11(2)18-13-6-5-7-14(18)10-12(9-13)16-3/h11-14,16H,4-10H2,1-3H3,(H,17,19). The molecule has 3 atom stereocenters. The highest BCUT2D eigenvalue weighted by molar-refractivity contribution is 5.81. The van der Waals surface area contributed by atoms with Crippen molar-refractivity contribution < 1.29 is 4.79 Å². The second-order valence-corrected chi connectivity index (χ2v) is 6.11. The van der Waals surface area contributed by atoms with Gasteiger partial charge in [-0.25, -0.2) is 0 Å². The predicted octanol–water partition coefficient (Wildman–Crippen LogP) is 1.51. The van der Waals surface area contributed by atoms with Gasteiger partial charge in [-0.1, -0.05) is 13.3 Å². The van der Waals surface area contributed by atoms with Crippen LogP contribution in [0.5, 0.6) is 0 Å².